The topological polar surface area (TPSA) is 55.1 Å². The molecule has 2 rings (SSSR count). The molecule has 2 aromatic rings. The first kappa shape index (κ1) is 16.2. The minimum absolute atomic E-state index is 0.00947. The largest absolute Gasteiger partial charge is 0.481 e. The lowest BCUT2D eigenvalue weighted by atomic mass is 9.95. The second kappa shape index (κ2) is 6.28. The first-order valence-electron chi connectivity index (χ1n) is 6.95. The maximum atomic E-state index is 10.9. The number of para-hydroxylation sites is 1. The monoisotopic (exact) mass is 326 g/mol. The van der Waals surface area contributed by atoms with Crippen molar-refractivity contribution in [3.8, 4) is 0 Å². The van der Waals surface area contributed by atoms with E-state index in [9.17, 15) is 4.79 Å². The molecule has 1 heterocycles. The normalized spacial score (nSPS) is 12.0. The van der Waals surface area contributed by atoms with Crippen molar-refractivity contribution in [2.24, 2.45) is 0 Å². The van der Waals surface area contributed by atoms with Gasteiger partial charge in [-0.05, 0) is 31.9 Å². The molecular formula is C15H19ClN2O2S. The van der Waals surface area contributed by atoms with Gasteiger partial charge in [-0.3, -0.25) is 4.79 Å². The fourth-order valence-corrected chi connectivity index (χ4v) is 3.42. The number of hydrogen-bond donors (Lipinski definition) is 1. The predicted octanol–water partition coefficient (Wildman–Crippen LogP) is 4.40. The highest BCUT2D eigenvalue weighted by atomic mass is 35.5. The van der Waals surface area contributed by atoms with Gasteiger partial charge in [0.15, 0.2) is 5.16 Å². The molecule has 21 heavy (non-hydrogen) atoms. The zero-order chi connectivity index (χ0) is 15.6. The summed E-state index contributed by atoms with van der Waals surface area (Å²) in [5.74, 6) is -0.857. The lowest BCUT2D eigenvalue weighted by Gasteiger charge is -2.31. The lowest BCUT2D eigenvalue weighted by molar-refractivity contribution is -0.133. The highest BCUT2D eigenvalue weighted by Gasteiger charge is 2.28. The second-order valence-electron chi connectivity index (χ2n) is 5.22. The number of thioether (sulfide) groups is 1. The quantitative estimate of drug-likeness (QED) is 0.799. The Kier molecular flexibility index (Phi) is 4.84. The van der Waals surface area contributed by atoms with E-state index in [1.807, 2.05) is 18.2 Å². The molecule has 0 radical (unpaired) electrons. The van der Waals surface area contributed by atoms with Crippen molar-refractivity contribution in [3.63, 3.8) is 0 Å². The number of fused-ring (bicyclic) bond motifs is 1. The Bertz CT molecular complexity index is 665. The molecule has 0 aliphatic carbocycles. The molecule has 1 aromatic carbocycles. The van der Waals surface area contributed by atoms with Gasteiger partial charge in [-0.2, -0.15) is 0 Å². The van der Waals surface area contributed by atoms with Crippen molar-refractivity contribution in [2.75, 3.05) is 5.75 Å². The molecule has 0 fully saturated rings. The van der Waals surface area contributed by atoms with Gasteiger partial charge in [0.2, 0.25) is 0 Å². The van der Waals surface area contributed by atoms with Crippen molar-refractivity contribution in [1.82, 2.24) is 9.55 Å². The van der Waals surface area contributed by atoms with Crippen LogP contribution in [0.25, 0.3) is 11.0 Å². The van der Waals surface area contributed by atoms with Crippen LogP contribution in [0.2, 0.25) is 5.02 Å². The number of benzene rings is 1. The summed E-state index contributed by atoms with van der Waals surface area (Å²) in [5, 5.41) is 10.2. The number of carbonyl (C=O) groups is 1. The van der Waals surface area contributed by atoms with Crippen LogP contribution in [0.5, 0.6) is 0 Å². The minimum atomic E-state index is -0.848. The summed E-state index contributed by atoms with van der Waals surface area (Å²) in [6.07, 6.45) is 1.87. The average Bonchev–Trinajstić information content (AvgIpc) is 2.85. The summed E-state index contributed by atoms with van der Waals surface area (Å²) in [6, 6.07) is 5.70. The molecule has 0 bridgehead atoms. The summed E-state index contributed by atoms with van der Waals surface area (Å²) >= 11 is 7.48. The van der Waals surface area contributed by atoms with Crippen LogP contribution in [-0.4, -0.2) is 26.4 Å². The van der Waals surface area contributed by atoms with Crippen LogP contribution < -0.4 is 0 Å². The zero-order valence-corrected chi connectivity index (χ0v) is 14.0. The Morgan fingerprint density at radius 2 is 2.10 bits per heavy atom. The van der Waals surface area contributed by atoms with E-state index in [1.165, 1.54) is 11.8 Å². The van der Waals surface area contributed by atoms with E-state index in [4.69, 9.17) is 16.7 Å². The first-order valence-corrected chi connectivity index (χ1v) is 8.31. The van der Waals surface area contributed by atoms with Gasteiger partial charge in [0.1, 0.15) is 5.52 Å². The highest BCUT2D eigenvalue weighted by Crippen LogP contribution is 2.36. The third-order valence-corrected chi connectivity index (χ3v) is 5.22. The van der Waals surface area contributed by atoms with Crippen LogP contribution in [-0.2, 0) is 10.3 Å². The number of aromatic nitrogens is 2. The van der Waals surface area contributed by atoms with Gasteiger partial charge in [0, 0.05) is 5.54 Å². The van der Waals surface area contributed by atoms with E-state index in [1.54, 1.807) is 0 Å². The van der Waals surface area contributed by atoms with Crippen LogP contribution in [0.3, 0.4) is 0 Å². The van der Waals surface area contributed by atoms with E-state index in [-0.39, 0.29) is 11.3 Å². The van der Waals surface area contributed by atoms with Crippen LogP contribution >= 0.6 is 23.4 Å². The number of imidazole rings is 1. The van der Waals surface area contributed by atoms with Gasteiger partial charge in [-0.1, -0.05) is 43.3 Å². The minimum Gasteiger partial charge on any atom is -0.481 e. The zero-order valence-electron chi connectivity index (χ0n) is 12.4. The average molecular weight is 327 g/mol. The molecule has 0 saturated carbocycles. The molecule has 0 amide bonds. The van der Waals surface area contributed by atoms with Gasteiger partial charge in [0.05, 0.1) is 16.3 Å². The van der Waals surface area contributed by atoms with Crippen molar-refractivity contribution < 1.29 is 9.90 Å². The molecule has 0 aliphatic heterocycles. The Labute approximate surface area is 133 Å². The standard InChI is InChI=1S/C15H19ClN2O2S/c1-4-15(3,5-2)18-11-8-6-7-10(16)13(11)17-14(18)21-9-12(19)20/h6-8H,4-5,9H2,1-3H3,(H,19,20). The molecule has 0 saturated heterocycles. The van der Waals surface area contributed by atoms with Gasteiger partial charge in [-0.25, -0.2) is 4.98 Å². The molecule has 1 aromatic heterocycles. The third kappa shape index (κ3) is 3.04. The Hall–Kier alpha value is -1.20. The Balaban J connectivity index is 2.65. The lowest BCUT2D eigenvalue weighted by Crippen LogP contribution is -2.29. The molecule has 1 N–H and O–H groups in total. The number of aliphatic carboxylic acids is 1. The number of rotatable bonds is 6. The van der Waals surface area contributed by atoms with Gasteiger partial charge in [-0.15, -0.1) is 0 Å². The number of hydrogen-bond acceptors (Lipinski definition) is 3. The van der Waals surface area contributed by atoms with Crippen molar-refractivity contribution in [3.05, 3.63) is 23.2 Å². The number of nitrogens with zero attached hydrogens (tertiary/aromatic N) is 2. The fourth-order valence-electron chi connectivity index (χ4n) is 2.35. The molecule has 4 nitrogen and oxygen atoms in total. The number of halogens is 1. The predicted molar refractivity (Wildman–Crippen MR) is 87.3 cm³/mol. The van der Waals surface area contributed by atoms with Crippen LogP contribution in [0.4, 0.5) is 0 Å². The van der Waals surface area contributed by atoms with Crippen molar-refractivity contribution in [1.29, 1.82) is 0 Å². The van der Waals surface area contributed by atoms with E-state index in [0.717, 1.165) is 23.9 Å². The molecule has 6 heteroatoms. The number of carboxylic acid groups (broad SMARTS) is 1. The molecule has 114 valence electrons. The second-order valence-corrected chi connectivity index (χ2v) is 6.57. The molecule has 0 spiro atoms. The molecule has 0 unspecified atom stereocenters. The fraction of sp³-hybridized carbons (Fsp3) is 0.467. The summed E-state index contributed by atoms with van der Waals surface area (Å²) < 4.78 is 2.14. The first-order chi connectivity index (χ1) is 9.92. The van der Waals surface area contributed by atoms with Crippen LogP contribution in [0, 0.1) is 0 Å². The number of carboxylic acids is 1. The molecular weight excluding hydrogens is 308 g/mol. The molecule has 0 atom stereocenters. The van der Waals surface area contributed by atoms with Crippen LogP contribution in [0.1, 0.15) is 33.6 Å². The summed E-state index contributed by atoms with van der Waals surface area (Å²) in [7, 11) is 0. The smallest absolute Gasteiger partial charge is 0.313 e. The van der Waals surface area contributed by atoms with E-state index in [0.29, 0.717) is 10.2 Å². The van der Waals surface area contributed by atoms with Crippen molar-refractivity contribution in [2.45, 2.75) is 44.3 Å². The summed E-state index contributed by atoms with van der Waals surface area (Å²) in [5.41, 5.74) is 1.59. The van der Waals surface area contributed by atoms with Gasteiger partial charge < -0.3 is 9.67 Å². The van der Waals surface area contributed by atoms with Gasteiger partial charge >= 0.3 is 5.97 Å². The summed E-state index contributed by atoms with van der Waals surface area (Å²) in [6.45, 7) is 6.43. The maximum absolute atomic E-state index is 10.9. The summed E-state index contributed by atoms with van der Waals surface area (Å²) in [4.78, 5) is 15.4. The molecule has 0 aliphatic rings. The van der Waals surface area contributed by atoms with E-state index >= 15 is 0 Å². The highest BCUT2D eigenvalue weighted by molar-refractivity contribution is 7.99. The van der Waals surface area contributed by atoms with Crippen LogP contribution in [0.15, 0.2) is 23.4 Å². The third-order valence-electron chi connectivity index (χ3n) is 3.99. The maximum Gasteiger partial charge on any atom is 0.313 e. The Morgan fingerprint density at radius 3 is 2.67 bits per heavy atom. The Morgan fingerprint density at radius 1 is 1.43 bits per heavy atom. The van der Waals surface area contributed by atoms with E-state index < -0.39 is 5.97 Å². The van der Waals surface area contributed by atoms with E-state index in [2.05, 4.69) is 30.3 Å². The van der Waals surface area contributed by atoms with Crippen molar-refractivity contribution >= 4 is 40.4 Å². The SMILES string of the molecule is CCC(C)(CC)n1c(SCC(=O)O)nc2c(Cl)cccc21. The van der Waals surface area contributed by atoms with Gasteiger partial charge in [0.25, 0.3) is 0 Å².